The number of hydrogen-bond acceptors (Lipinski definition) is 4. The Kier molecular flexibility index (Phi) is 5.45. The Morgan fingerprint density at radius 3 is 2.70 bits per heavy atom. The lowest BCUT2D eigenvalue weighted by molar-refractivity contribution is -0.132. The van der Waals surface area contributed by atoms with Crippen LogP contribution in [-0.2, 0) is 18.3 Å². The van der Waals surface area contributed by atoms with Crippen molar-refractivity contribution in [3.63, 3.8) is 0 Å². The summed E-state index contributed by atoms with van der Waals surface area (Å²) in [4.78, 5) is 19.7. The standard InChI is InChI=1S/C23H27FN4O2/c1-14-18(15(2)25-22-21(14)23(30-4)26-27(22)3)11-12-20(29)28-13-5-6-19(28)16-7-9-17(24)10-8-16/h7-10,19H,5-6,11-13H2,1-4H3/t19-/m0/s1. The smallest absolute Gasteiger partial charge is 0.242 e. The molecule has 0 aliphatic carbocycles. The molecule has 6 nitrogen and oxygen atoms in total. The second-order valence-electron chi connectivity index (χ2n) is 7.93. The third-order valence-corrected chi connectivity index (χ3v) is 6.13. The lowest BCUT2D eigenvalue weighted by atomic mass is 9.99. The molecule has 1 atom stereocenters. The fourth-order valence-electron chi connectivity index (χ4n) is 4.58. The van der Waals surface area contributed by atoms with Crippen molar-refractivity contribution in [2.75, 3.05) is 13.7 Å². The van der Waals surface area contributed by atoms with E-state index in [0.29, 0.717) is 18.7 Å². The maximum absolute atomic E-state index is 13.3. The first-order chi connectivity index (χ1) is 14.4. The largest absolute Gasteiger partial charge is 0.479 e. The number of aromatic nitrogens is 3. The Balaban J connectivity index is 1.55. The quantitative estimate of drug-likeness (QED) is 0.637. The molecule has 0 radical (unpaired) electrons. The Morgan fingerprint density at radius 2 is 2.00 bits per heavy atom. The molecule has 0 N–H and O–H groups in total. The summed E-state index contributed by atoms with van der Waals surface area (Å²) in [6, 6.07) is 6.52. The van der Waals surface area contributed by atoms with Gasteiger partial charge >= 0.3 is 0 Å². The topological polar surface area (TPSA) is 60.2 Å². The second-order valence-corrected chi connectivity index (χ2v) is 7.93. The van der Waals surface area contributed by atoms with Crippen LogP contribution >= 0.6 is 0 Å². The molecule has 0 unspecified atom stereocenters. The van der Waals surface area contributed by atoms with Crippen molar-refractivity contribution in [1.29, 1.82) is 0 Å². The van der Waals surface area contributed by atoms with Gasteiger partial charge in [-0.2, -0.15) is 0 Å². The molecular weight excluding hydrogens is 383 g/mol. The molecule has 1 aliphatic rings. The maximum Gasteiger partial charge on any atom is 0.242 e. The van der Waals surface area contributed by atoms with Gasteiger partial charge in [0.15, 0.2) is 5.65 Å². The van der Waals surface area contributed by atoms with Crippen LogP contribution in [0.1, 0.15) is 47.7 Å². The van der Waals surface area contributed by atoms with Crippen LogP contribution in [0.4, 0.5) is 4.39 Å². The number of carbonyl (C=O) groups excluding carboxylic acids is 1. The third-order valence-electron chi connectivity index (χ3n) is 6.13. The van der Waals surface area contributed by atoms with Gasteiger partial charge in [0.1, 0.15) is 5.82 Å². The van der Waals surface area contributed by atoms with E-state index in [0.717, 1.165) is 52.8 Å². The molecule has 1 saturated heterocycles. The highest BCUT2D eigenvalue weighted by atomic mass is 19.1. The Hall–Kier alpha value is -2.96. The molecule has 7 heteroatoms. The van der Waals surface area contributed by atoms with E-state index in [2.05, 4.69) is 5.10 Å². The molecule has 1 fully saturated rings. The summed E-state index contributed by atoms with van der Waals surface area (Å²) in [7, 11) is 3.45. The van der Waals surface area contributed by atoms with Gasteiger partial charge in [0.05, 0.1) is 18.5 Å². The van der Waals surface area contributed by atoms with E-state index in [1.807, 2.05) is 25.8 Å². The monoisotopic (exact) mass is 410 g/mol. The van der Waals surface area contributed by atoms with E-state index in [-0.39, 0.29) is 17.8 Å². The number of ether oxygens (including phenoxy) is 1. The summed E-state index contributed by atoms with van der Waals surface area (Å²) >= 11 is 0. The molecule has 1 aromatic carbocycles. The van der Waals surface area contributed by atoms with Crippen molar-refractivity contribution in [2.45, 2.75) is 45.6 Å². The molecule has 0 spiro atoms. The Labute approximate surface area is 175 Å². The highest BCUT2D eigenvalue weighted by Gasteiger charge is 2.30. The number of methoxy groups -OCH3 is 1. The van der Waals surface area contributed by atoms with E-state index in [9.17, 15) is 9.18 Å². The van der Waals surface area contributed by atoms with Gasteiger partial charge < -0.3 is 9.64 Å². The molecule has 0 saturated carbocycles. The predicted octanol–water partition coefficient (Wildman–Crippen LogP) is 4.03. The number of fused-ring (bicyclic) bond motifs is 1. The number of hydrogen-bond donors (Lipinski definition) is 0. The van der Waals surface area contributed by atoms with Crippen molar-refractivity contribution in [1.82, 2.24) is 19.7 Å². The minimum absolute atomic E-state index is 0.0271. The van der Waals surface area contributed by atoms with Crippen LogP contribution in [0.15, 0.2) is 24.3 Å². The fraction of sp³-hybridized carbons (Fsp3) is 0.435. The Morgan fingerprint density at radius 1 is 1.27 bits per heavy atom. The summed E-state index contributed by atoms with van der Waals surface area (Å²) in [5.41, 5.74) is 4.83. The average molecular weight is 410 g/mol. The lowest BCUT2D eigenvalue weighted by Crippen LogP contribution is -2.30. The normalized spacial score (nSPS) is 16.4. The van der Waals surface area contributed by atoms with Crippen LogP contribution in [0.3, 0.4) is 0 Å². The maximum atomic E-state index is 13.3. The molecular formula is C23H27FN4O2. The van der Waals surface area contributed by atoms with Crippen LogP contribution in [0, 0.1) is 19.7 Å². The molecule has 2 aromatic heterocycles. The number of nitrogens with zero attached hydrogens (tertiary/aromatic N) is 4. The number of halogens is 1. The number of pyridine rings is 1. The van der Waals surface area contributed by atoms with Crippen molar-refractivity contribution in [3.05, 3.63) is 52.5 Å². The molecule has 158 valence electrons. The molecule has 3 heterocycles. The number of rotatable bonds is 5. The summed E-state index contributed by atoms with van der Waals surface area (Å²) in [5, 5.41) is 5.29. The van der Waals surface area contributed by atoms with E-state index in [4.69, 9.17) is 9.72 Å². The van der Waals surface area contributed by atoms with Crippen LogP contribution in [0.2, 0.25) is 0 Å². The summed E-state index contributed by atoms with van der Waals surface area (Å²) < 4.78 is 20.4. The van der Waals surface area contributed by atoms with E-state index in [1.165, 1.54) is 12.1 Å². The van der Waals surface area contributed by atoms with Gasteiger partial charge in [0.25, 0.3) is 0 Å². The molecule has 1 aliphatic heterocycles. The fourth-order valence-corrected chi connectivity index (χ4v) is 4.58. The number of carbonyl (C=O) groups is 1. The molecule has 0 bridgehead atoms. The van der Waals surface area contributed by atoms with Gasteiger partial charge in [-0.3, -0.25) is 4.79 Å². The third kappa shape index (κ3) is 3.53. The number of likely N-dealkylation sites (tertiary alicyclic amines) is 1. The average Bonchev–Trinajstić information content (AvgIpc) is 3.33. The number of amides is 1. The predicted molar refractivity (Wildman–Crippen MR) is 113 cm³/mol. The number of benzene rings is 1. The van der Waals surface area contributed by atoms with Crippen molar-refractivity contribution < 1.29 is 13.9 Å². The van der Waals surface area contributed by atoms with Gasteiger partial charge in [-0.05, 0) is 61.9 Å². The van der Waals surface area contributed by atoms with Crippen molar-refractivity contribution in [3.8, 4) is 5.88 Å². The van der Waals surface area contributed by atoms with Crippen molar-refractivity contribution in [2.24, 2.45) is 7.05 Å². The Bertz CT molecular complexity index is 1090. The van der Waals surface area contributed by atoms with Gasteiger partial charge in [0.2, 0.25) is 11.8 Å². The molecule has 30 heavy (non-hydrogen) atoms. The summed E-state index contributed by atoms with van der Waals surface area (Å²) in [6.07, 6.45) is 2.90. The van der Waals surface area contributed by atoms with Crippen LogP contribution in [0.25, 0.3) is 11.0 Å². The first-order valence-corrected chi connectivity index (χ1v) is 10.3. The zero-order valence-corrected chi connectivity index (χ0v) is 17.9. The van der Waals surface area contributed by atoms with Gasteiger partial charge in [-0.15, -0.1) is 5.10 Å². The van der Waals surface area contributed by atoms with Crippen LogP contribution < -0.4 is 4.74 Å². The zero-order valence-electron chi connectivity index (χ0n) is 17.9. The molecule has 4 rings (SSSR count). The highest BCUT2D eigenvalue weighted by molar-refractivity contribution is 5.86. The van der Waals surface area contributed by atoms with Gasteiger partial charge in [-0.1, -0.05) is 12.1 Å². The van der Waals surface area contributed by atoms with Crippen molar-refractivity contribution >= 4 is 16.9 Å². The lowest BCUT2D eigenvalue weighted by Gasteiger charge is -2.25. The summed E-state index contributed by atoms with van der Waals surface area (Å²) in [6.45, 7) is 4.76. The molecule has 1 amide bonds. The van der Waals surface area contributed by atoms with Crippen LogP contribution in [-0.4, -0.2) is 39.2 Å². The van der Waals surface area contributed by atoms with Crippen LogP contribution in [0.5, 0.6) is 5.88 Å². The first-order valence-electron chi connectivity index (χ1n) is 10.3. The highest BCUT2D eigenvalue weighted by Crippen LogP contribution is 2.34. The van der Waals surface area contributed by atoms with Gasteiger partial charge in [-0.25, -0.2) is 14.1 Å². The molecule has 3 aromatic rings. The van der Waals surface area contributed by atoms with E-state index in [1.54, 1.807) is 23.9 Å². The SMILES string of the molecule is COc1nn(C)c2nc(C)c(CCC(=O)N3CCC[C@H]3c3ccc(F)cc3)c(C)c12. The van der Waals surface area contributed by atoms with E-state index >= 15 is 0 Å². The zero-order chi connectivity index (χ0) is 21.4. The van der Waals surface area contributed by atoms with E-state index < -0.39 is 0 Å². The minimum atomic E-state index is -0.255. The minimum Gasteiger partial charge on any atom is -0.479 e. The number of aryl methyl sites for hydroxylation is 3. The second kappa shape index (κ2) is 8.05. The van der Waals surface area contributed by atoms with Gasteiger partial charge in [0, 0.05) is 25.7 Å². The first kappa shape index (κ1) is 20.3. The summed E-state index contributed by atoms with van der Waals surface area (Å²) in [5.74, 6) is 0.425.